The number of benzene rings is 1. The van der Waals surface area contributed by atoms with Gasteiger partial charge in [0.05, 0.1) is 13.2 Å². The normalized spacial score (nSPS) is 12.3. The first-order valence-electron chi connectivity index (χ1n) is 7.49. The van der Waals surface area contributed by atoms with Gasteiger partial charge in [-0.15, -0.1) is 0 Å². The summed E-state index contributed by atoms with van der Waals surface area (Å²) in [6.07, 6.45) is 1.11. The molecule has 0 aliphatic rings. The Morgan fingerprint density at radius 1 is 1.15 bits per heavy atom. The van der Waals surface area contributed by atoms with Gasteiger partial charge in [-0.05, 0) is 24.0 Å². The fourth-order valence-corrected chi connectivity index (χ4v) is 1.92. The fourth-order valence-electron chi connectivity index (χ4n) is 1.92. The molecular formula is C16H28N2O2. The summed E-state index contributed by atoms with van der Waals surface area (Å²) in [6.45, 7) is 8.64. The molecule has 0 aromatic heterocycles. The van der Waals surface area contributed by atoms with Crippen molar-refractivity contribution in [1.29, 1.82) is 0 Å². The van der Waals surface area contributed by atoms with Gasteiger partial charge in [-0.1, -0.05) is 32.0 Å². The van der Waals surface area contributed by atoms with E-state index in [2.05, 4.69) is 31.3 Å². The molecule has 0 aliphatic carbocycles. The van der Waals surface area contributed by atoms with Gasteiger partial charge in [0.1, 0.15) is 12.4 Å². The van der Waals surface area contributed by atoms with Gasteiger partial charge in [-0.2, -0.15) is 0 Å². The van der Waals surface area contributed by atoms with E-state index in [0.717, 1.165) is 25.3 Å². The first-order chi connectivity index (χ1) is 9.79. The maximum absolute atomic E-state index is 5.82. The Kier molecular flexibility index (Phi) is 9.04. The zero-order valence-corrected chi connectivity index (χ0v) is 12.7. The van der Waals surface area contributed by atoms with Crippen LogP contribution < -0.4 is 15.8 Å². The van der Waals surface area contributed by atoms with Crippen LogP contribution in [0.1, 0.15) is 31.7 Å². The minimum Gasteiger partial charge on any atom is -0.491 e. The number of hydrogen-bond acceptors (Lipinski definition) is 4. The fraction of sp³-hybridized carbons (Fsp3) is 0.625. The summed E-state index contributed by atoms with van der Waals surface area (Å²) >= 11 is 0. The second-order valence-electron chi connectivity index (χ2n) is 4.85. The van der Waals surface area contributed by atoms with Crippen molar-refractivity contribution in [3.05, 3.63) is 29.8 Å². The first-order valence-corrected chi connectivity index (χ1v) is 7.49. The van der Waals surface area contributed by atoms with Crippen LogP contribution in [0.25, 0.3) is 0 Å². The van der Waals surface area contributed by atoms with E-state index in [0.29, 0.717) is 32.3 Å². The van der Waals surface area contributed by atoms with E-state index >= 15 is 0 Å². The second kappa shape index (κ2) is 10.7. The predicted octanol–water partition coefficient (Wildman–Crippen LogP) is 2.14. The maximum Gasteiger partial charge on any atom is 0.122 e. The molecule has 4 nitrogen and oxygen atoms in total. The van der Waals surface area contributed by atoms with Crippen LogP contribution in [-0.2, 0) is 4.74 Å². The lowest BCUT2D eigenvalue weighted by Crippen LogP contribution is -2.26. The number of hydrogen-bond donors (Lipinski definition) is 2. The van der Waals surface area contributed by atoms with Gasteiger partial charge >= 0.3 is 0 Å². The van der Waals surface area contributed by atoms with Crippen LogP contribution >= 0.6 is 0 Å². The van der Waals surface area contributed by atoms with Crippen LogP contribution in [0.15, 0.2) is 24.3 Å². The number of ether oxygens (including phenoxy) is 2. The van der Waals surface area contributed by atoms with E-state index < -0.39 is 0 Å². The van der Waals surface area contributed by atoms with Gasteiger partial charge in [0.2, 0.25) is 0 Å². The Morgan fingerprint density at radius 2 is 1.95 bits per heavy atom. The molecule has 0 unspecified atom stereocenters. The highest BCUT2D eigenvalue weighted by atomic mass is 16.5. The number of para-hydroxylation sites is 1. The maximum atomic E-state index is 5.82. The molecule has 20 heavy (non-hydrogen) atoms. The number of nitrogens with one attached hydrogen (secondary N) is 1. The largest absolute Gasteiger partial charge is 0.491 e. The molecule has 0 amide bonds. The molecule has 0 bridgehead atoms. The van der Waals surface area contributed by atoms with E-state index in [4.69, 9.17) is 15.2 Å². The smallest absolute Gasteiger partial charge is 0.122 e. The predicted molar refractivity (Wildman–Crippen MR) is 83.4 cm³/mol. The quantitative estimate of drug-likeness (QED) is 0.610. The molecule has 0 saturated carbocycles. The summed E-state index contributed by atoms with van der Waals surface area (Å²) in [5.41, 5.74) is 6.66. The molecule has 0 radical (unpaired) electrons. The molecule has 0 heterocycles. The molecule has 1 rings (SSSR count). The first kappa shape index (κ1) is 17.0. The van der Waals surface area contributed by atoms with Crippen molar-refractivity contribution in [2.24, 2.45) is 5.73 Å². The minimum atomic E-state index is 0.521. The van der Waals surface area contributed by atoms with Crippen molar-refractivity contribution >= 4 is 0 Å². The summed E-state index contributed by atoms with van der Waals surface area (Å²) in [4.78, 5) is 0. The third kappa shape index (κ3) is 6.37. The standard InChI is InChI=1S/C16H28N2O2/c1-3-14(2)15-6-4-5-7-16(15)20-13-12-19-11-10-18-9-8-17/h4-7,14,18H,3,8-13,17H2,1-2H3/t14-/m0/s1. The number of rotatable bonds is 11. The van der Waals surface area contributed by atoms with E-state index in [-0.39, 0.29) is 0 Å². The van der Waals surface area contributed by atoms with Gasteiger partial charge in [-0.3, -0.25) is 0 Å². The van der Waals surface area contributed by atoms with Crippen LogP contribution in [0.5, 0.6) is 5.75 Å². The molecule has 1 atom stereocenters. The Hall–Kier alpha value is -1.10. The van der Waals surface area contributed by atoms with Crippen molar-refractivity contribution in [2.75, 3.05) is 39.5 Å². The third-order valence-corrected chi connectivity index (χ3v) is 3.29. The molecule has 0 spiro atoms. The van der Waals surface area contributed by atoms with E-state index in [1.54, 1.807) is 0 Å². The average molecular weight is 280 g/mol. The minimum absolute atomic E-state index is 0.521. The highest BCUT2D eigenvalue weighted by molar-refractivity contribution is 5.35. The third-order valence-electron chi connectivity index (χ3n) is 3.29. The van der Waals surface area contributed by atoms with E-state index in [1.165, 1.54) is 5.56 Å². The monoisotopic (exact) mass is 280 g/mol. The second-order valence-corrected chi connectivity index (χ2v) is 4.85. The Balaban J connectivity index is 2.22. The van der Waals surface area contributed by atoms with E-state index in [9.17, 15) is 0 Å². The Labute approximate surface area is 122 Å². The van der Waals surface area contributed by atoms with Gasteiger partial charge < -0.3 is 20.5 Å². The summed E-state index contributed by atoms with van der Waals surface area (Å²) in [6, 6.07) is 8.25. The van der Waals surface area contributed by atoms with Crippen LogP contribution in [0.2, 0.25) is 0 Å². The van der Waals surface area contributed by atoms with Crippen molar-refractivity contribution in [1.82, 2.24) is 5.32 Å². The van der Waals surface area contributed by atoms with Gasteiger partial charge in [-0.25, -0.2) is 0 Å². The van der Waals surface area contributed by atoms with Gasteiger partial charge in [0.25, 0.3) is 0 Å². The molecule has 1 aromatic rings. The molecule has 3 N–H and O–H groups in total. The van der Waals surface area contributed by atoms with Crippen LogP contribution in [-0.4, -0.2) is 39.5 Å². The molecule has 1 aromatic carbocycles. The van der Waals surface area contributed by atoms with E-state index in [1.807, 2.05) is 12.1 Å². The molecular weight excluding hydrogens is 252 g/mol. The highest BCUT2D eigenvalue weighted by Gasteiger charge is 2.08. The lowest BCUT2D eigenvalue weighted by Gasteiger charge is -2.15. The molecule has 0 aliphatic heterocycles. The van der Waals surface area contributed by atoms with Crippen LogP contribution in [0.3, 0.4) is 0 Å². The molecule has 0 fully saturated rings. The molecule has 0 saturated heterocycles. The Morgan fingerprint density at radius 3 is 2.70 bits per heavy atom. The SMILES string of the molecule is CC[C@H](C)c1ccccc1OCCOCCNCCN. The van der Waals surface area contributed by atoms with Crippen molar-refractivity contribution in [2.45, 2.75) is 26.2 Å². The topological polar surface area (TPSA) is 56.5 Å². The zero-order valence-electron chi connectivity index (χ0n) is 12.7. The molecule has 4 heteroatoms. The van der Waals surface area contributed by atoms with Crippen molar-refractivity contribution < 1.29 is 9.47 Å². The van der Waals surface area contributed by atoms with Gasteiger partial charge in [0, 0.05) is 19.6 Å². The summed E-state index contributed by atoms with van der Waals surface area (Å²) in [5.74, 6) is 1.50. The summed E-state index contributed by atoms with van der Waals surface area (Å²) in [7, 11) is 0. The zero-order chi connectivity index (χ0) is 14.6. The molecule has 114 valence electrons. The summed E-state index contributed by atoms with van der Waals surface area (Å²) < 4.78 is 11.3. The van der Waals surface area contributed by atoms with Crippen LogP contribution in [0, 0.1) is 0 Å². The Bertz CT molecular complexity index is 358. The van der Waals surface area contributed by atoms with Crippen molar-refractivity contribution in [3.63, 3.8) is 0 Å². The van der Waals surface area contributed by atoms with Gasteiger partial charge in [0.15, 0.2) is 0 Å². The lowest BCUT2D eigenvalue weighted by atomic mass is 9.98. The summed E-state index contributed by atoms with van der Waals surface area (Å²) in [5, 5.41) is 3.18. The average Bonchev–Trinajstić information content (AvgIpc) is 2.49. The lowest BCUT2D eigenvalue weighted by molar-refractivity contribution is 0.101. The van der Waals surface area contributed by atoms with Crippen LogP contribution in [0.4, 0.5) is 0 Å². The highest BCUT2D eigenvalue weighted by Crippen LogP contribution is 2.28. The number of nitrogens with two attached hydrogens (primary N) is 1. The van der Waals surface area contributed by atoms with Crippen molar-refractivity contribution in [3.8, 4) is 5.75 Å².